The lowest BCUT2D eigenvalue weighted by atomic mass is 9.90. The van der Waals surface area contributed by atoms with Gasteiger partial charge in [0.1, 0.15) is 0 Å². The van der Waals surface area contributed by atoms with Gasteiger partial charge in [-0.3, -0.25) is 0 Å². The van der Waals surface area contributed by atoms with E-state index < -0.39 is 0 Å². The van der Waals surface area contributed by atoms with Crippen molar-refractivity contribution in [3.63, 3.8) is 0 Å². The van der Waals surface area contributed by atoms with E-state index in [9.17, 15) is 0 Å². The molecule has 2 unspecified atom stereocenters. The Bertz CT molecular complexity index is 605. The molecule has 1 aromatic rings. The second-order valence-corrected chi connectivity index (χ2v) is 8.87. The number of hydrogen-bond acceptors (Lipinski definition) is 2. The predicted octanol–water partition coefficient (Wildman–Crippen LogP) is 5.16. The number of benzene rings is 1. The molecular formula is C23H36Cl2N2. The van der Waals surface area contributed by atoms with Gasteiger partial charge in [-0.05, 0) is 67.3 Å². The van der Waals surface area contributed by atoms with Gasteiger partial charge in [-0.2, -0.15) is 0 Å². The zero-order chi connectivity index (χ0) is 17.2. The monoisotopic (exact) mass is 410 g/mol. The van der Waals surface area contributed by atoms with E-state index in [2.05, 4.69) is 54.0 Å². The molecule has 0 spiro atoms. The number of likely N-dealkylation sites (tertiary alicyclic amines) is 2. The van der Waals surface area contributed by atoms with Crippen molar-refractivity contribution in [1.82, 2.24) is 9.80 Å². The normalized spacial score (nSPS) is 25.2. The van der Waals surface area contributed by atoms with E-state index in [1.54, 1.807) is 5.57 Å². The highest BCUT2D eigenvalue weighted by Gasteiger charge is 2.38. The van der Waals surface area contributed by atoms with Gasteiger partial charge in [0.05, 0.1) is 0 Å². The smallest absolute Gasteiger partial charge is 0.00539 e. The summed E-state index contributed by atoms with van der Waals surface area (Å²) in [5.41, 5.74) is 4.60. The molecular weight excluding hydrogens is 375 g/mol. The summed E-state index contributed by atoms with van der Waals surface area (Å²) in [6, 6.07) is 9.53. The lowest BCUT2D eigenvalue weighted by Gasteiger charge is -2.19. The quantitative estimate of drug-likeness (QED) is 0.638. The van der Waals surface area contributed by atoms with Crippen LogP contribution in [-0.2, 0) is 6.42 Å². The van der Waals surface area contributed by atoms with Crippen LogP contribution in [0.3, 0.4) is 0 Å². The molecule has 2 atom stereocenters. The molecule has 2 heterocycles. The van der Waals surface area contributed by atoms with Crippen LogP contribution in [0.1, 0.15) is 44.2 Å². The third kappa shape index (κ3) is 5.50. The van der Waals surface area contributed by atoms with Gasteiger partial charge in [0.25, 0.3) is 0 Å². The van der Waals surface area contributed by atoms with E-state index >= 15 is 0 Å². The highest BCUT2D eigenvalue weighted by Crippen LogP contribution is 2.43. The van der Waals surface area contributed by atoms with Gasteiger partial charge in [0.15, 0.2) is 0 Å². The molecule has 2 aliphatic heterocycles. The Morgan fingerprint density at radius 2 is 1.67 bits per heavy atom. The Hall–Kier alpha value is -0.540. The maximum atomic E-state index is 2.69. The molecule has 1 aromatic carbocycles. The Balaban J connectivity index is 0.00000131. The van der Waals surface area contributed by atoms with Crippen molar-refractivity contribution in [2.45, 2.75) is 39.5 Å². The summed E-state index contributed by atoms with van der Waals surface area (Å²) in [4.78, 5) is 5.30. The average molecular weight is 411 g/mol. The molecule has 4 rings (SSSR count). The first-order chi connectivity index (χ1) is 12.2. The molecule has 2 nitrogen and oxygen atoms in total. The van der Waals surface area contributed by atoms with E-state index in [-0.39, 0.29) is 24.8 Å². The third-order valence-electron chi connectivity index (χ3n) is 6.38. The maximum Gasteiger partial charge on any atom is 0.00539 e. The first-order valence-corrected chi connectivity index (χ1v) is 10.4. The predicted molar refractivity (Wildman–Crippen MR) is 121 cm³/mol. The Labute approximate surface area is 178 Å². The zero-order valence-electron chi connectivity index (χ0n) is 16.9. The third-order valence-corrected chi connectivity index (χ3v) is 6.38. The van der Waals surface area contributed by atoms with Crippen LogP contribution < -0.4 is 0 Å². The zero-order valence-corrected chi connectivity index (χ0v) is 18.5. The first-order valence-electron chi connectivity index (χ1n) is 10.4. The van der Waals surface area contributed by atoms with Gasteiger partial charge in [0.2, 0.25) is 0 Å². The summed E-state index contributed by atoms with van der Waals surface area (Å²) in [5.74, 6) is 2.42. The van der Waals surface area contributed by atoms with Crippen LogP contribution in [-0.4, -0.2) is 49.1 Å². The fourth-order valence-electron chi connectivity index (χ4n) is 5.14. The van der Waals surface area contributed by atoms with E-state index in [1.807, 2.05) is 0 Å². The van der Waals surface area contributed by atoms with Crippen LogP contribution in [0.15, 0.2) is 30.3 Å². The Kier molecular flexibility index (Phi) is 8.68. The molecule has 0 aromatic heterocycles. The SMILES string of the molecule is CC(C)CN1CC2CC=C(c3ccc(CCN4CCCC4)cc3)C2C1.Cl.Cl. The number of fused-ring (bicyclic) bond motifs is 1. The highest BCUT2D eigenvalue weighted by atomic mass is 35.5. The van der Waals surface area contributed by atoms with Gasteiger partial charge >= 0.3 is 0 Å². The van der Waals surface area contributed by atoms with Gasteiger partial charge < -0.3 is 9.80 Å². The second kappa shape index (κ2) is 10.3. The van der Waals surface area contributed by atoms with Crippen LogP contribution in [0.4, 0.5) is 0 Å². The van der Waals surface area contributed by atoms with Crippen molar-refractivity contribution in [3.8, 4) is 0 Å². The Morgan fingerprint density at radius 1 is 0.963 bits per heavy atom. The van der Waals surface area contributed by atoms with Crippen LogP contribution in [0, 0.1) is 17.8 Å². The molecule has 2 fully saturated rings. The summed E-state index contributed by atoms with van der Waals surface area (Å²) in [7, 11) is 0. The minimum absolute atomic E-state index is 0. The lowest BCUT2D eigenvalue weighted by molar-refractivity contribution is 0.285. The Morgan fingerprint density at radius 3 is 2.33 bits per heavy atom. The number of rotatable bonds is 6. The summed E-state index contributed by atoms with van der Waals surface area (Å²) in [5, 5.41) is 0. The fourth-order valence-corrected chi connectivity index (χ4v) is 5.14. The first kappa shape index (κ1) is 22.7. The van der Waals surface area contributed by atoms with Crippen LogP contribution in [0.25, 0.3) is 5.57 Å². The summed E-state index contributed by atoms with van der Waals surface area (Å²) >= 11 is 0. The molecule has 0 radical (unpaired) electrons. The maximum absolute atomic E-state index is 2.69. The van der Waals surface area contributed by atoms with Gasteiger partial charge in [-0.25, -0.2) is 0 Å². The minimum Gasteiger partial charge on any atom is -0.303 e. The molecule has 4 heteroatoms. The summed E-state index contributed by atoms with van der Waals surface area (Å²) in [6.07, 6.45) is 7.80. The van der Waals surface area contributed by atoms with Crippen molar-refractivity contribution in [2.24, 2.45) is 17.8 Å². The average Bonchev–Trinajstić information content (AvgIpc) is 3.30. The van der Waals surface area contributed by atoms with Crippen LogP contribution >= 0.6 is 24.8 Å². The fraction of sp³-hybridized carbons (Fsp3) is 0.652. The topological polar surface area (TPSA) is 6.48 Å². The molecule has 0 saturated carbocycles. The van der Waals surface area contributed by atoms with Crippen molar-refractivity contribution in [3.05, 3.63) is 41.5 Å². The molecule has 0 bridgehead atoms. The van der Waals surface area contributed by atoms with Gasteiger partial charge in [-0.15, -0.1) is 24.8 Å². The van der Waals surface area contributed by atoms with E-state index in [0.717, 1.165) is 17.8 Å². The molecule has 27 heavy (non-hydrogen) atoms. The van der Waals surface area contributed by atoms with E-state index in [0.29, 0.717) is 0 Å². The summed E-state index contributed by atoms with van der Waals surface area (Å²) in [6.45, 7) is 12.4. The number of nitrogens with zero attached hydrogens (tertiary/aromatic N) is 2. The summed E-state index contributed by atoms with van der Waals surface area (Å²) < 4.78 is 0. The van der Waals surface area contributed by atoms with Crippen molar-refractivity contribution >= 4 is 30.4 Å². The van der Waals surface area contributed by atoms with Crippen LogP contribution in [0.5, 0.6) is 0 Å². The van der Waals surface area contributed by atoms with E-state index in [4.69, 9.17) is 0 Å². The molecule has 0 amide bonds. The minimum atomic E-state index is 0. The van der Waals surface area contributed by atoms with E-state index in [1.165, 1.54) is 76.1 Å². The van der Waals surface area contributed by atoms with Gasteiger partial charge in [-0.1, -0.05) is 44.2 Å². The molecule has 2 saturated heterocycles. The molecule has 152 valence electrons. The number of halogens is 2. The van der Waals surface area contributed by atoms with Crippen molar-refractivity contribution < 1.29 is 0 Å². The standard InChI is InChI=1S/C23H34N2.2ClH/c1-18(2)15-25-16-21-9-10-22(23(21)17-25)20-7-5-19(6-8-20)11-14-24-12-3-4-13-24;;/h5-8,10,18,21,23H,3-4,9,11-17H2,1-2H3;2*1H. The largest absolute Gasteiger partial charge is 0.303 e. The second-order valence-electron chi connectivity index (χ2n) is 8.87. The van der Waals surface area contributed by atoms with Gasteiger partial charge in [0, 0.05) is 32.1 Å². The van der Waals surface area contributed by atoms with Crippen LogP contribution in [0.2, 0.25) is 0 Å². The lowest BCUT2D eigenvalue weighted by Crippen LogP contribution is -2.26. The molecule has 1 aliphatic carbocycles. The molecule has 0 N–H and O–H groups in total. The van der Waals surface area contributed by atoms with Crippen molar-refractivity contribution in [1.29, 1.82) is 0 Å². The number of hydrogen-bond donors (Lipinski definition) is 0. The van der Waals surface area contributed by atoms with Crippen molar-refractivity contribution in [2.75, 3.05) is 39.3 Å². The molecule has 3 aliphatic rings. The number of allylic oxidation sites excluding steroid dienone is 1. The highest BCUT2D eigenvalue weighted by molar-refractivity contribution is 5.85.